The molecule has 0 aliphatic carbocycles. The van der Waals surface area contributed by atoms with Gasteiger partial charge in [-0.15, -0.1) is 11.8 Å². The first-order chi connectivity index (χ1) is 14.8. The minimum atomic E-state index is -4.40. The van der Waals surface area contributed by atoms with E-state index in [2.05, 4.69) is 15.0 Å². The summed E-state index contributed by atoms with van der Waals surface area (Å²) in [4.78, 5) is 28.1. The number of thioether (sulfide) groups is 1. The van der Waals surface area contributed by atoms with Crippen LogP contribution in [0.3, 0.4) is 0 Å². The van der Waals surface area contributed by atoms with Gasteiger partial charge in [0.15, 0.2) is 0 Å². The second kappa shape index (κ2) is 8.78. The molecule has 4 rings (SSSR count). The van der Waals surface area contributed by atoms with Gasteiger partial charge in [-0.1, -0.05) is 12.1 Å². The molecule has 1 amide bonds. The van der Waals surface area contributed by atoms with E-state index < -0.39 is 11.7 Å². The first-order valence-electron chi connectivity index (χ1n) is 9.93. The summed E-state index contributed by atoms with van der Waals surface area (Å²) in [6, 6.07) is 10.2. The van der Waals surface area contributed by atoms with Gasteiger partial charge in [0.25, 0.3) is 0 Å². The summed E-state index contributed by atoms with van der Waals surface area (Å²) < 4.78 is 38.1. The minimum Gasteiger partial charge on any atom is -0.353 e. The SMILES string of the molecule is C[C@H](SCC(=O)N1CCN(c2ccc(C(F)(F)F)cn2)CC1)c1nc2ccccc2[nH]1. The zero-order valence-corrected chi connectivity index (χ0v) is 17.7. The van der Waals surface area contributed by atoms with Crippen LogP contribution in [0.15, 0.2) is 42.6 Å². The summed E-state index contributed by atoms with van der Waals surface area (Å²) >= 11 is 1.53. The number of piperazine rings is 1. The molecule has 1 saturated heterocycles. The number of benzene rings is 1. The van der Waals surface area contributed by atoms with Crippen LogP contribution in [0, 0.1) is 0 Å². The molecular weight excluding hydrogens is 427 g/mol. The zero-order valence-electron chi connectivity index (χ0n) is 16.9. The number of fused-ring (bicyclic) bond motifs is 1. The second-order valence-electron chi connectivity index (χ2n) is 7.36. The summed E-state index contributed by atoms with van der Waals surface area (Å²) in [7, 11) is 0. The fourth-order valence-electron chi connectivity index (χ4n) is 3.46. The number of carbonyl (C=O) groups is 1. The van der Waals surface area contributed by atoms with Crippen LogP contribution in [-0.2, 0) is 11.0 Å². The Morgan fingerprint density at radius 3 is 2.55 bits per heavy atom. The van der Waals surface area contributed by atoms with E-state index in [4.69, 9.17) is 0 Å². The third-order valence-electron chi connectivity index (χ3n) is 5.28. The van der Waals surface area contributed by atoms with Crippen molar-refractivity contribution in [2.75, 3.05) is 36.8 Å². The molecule has 1 aliphatic heterocycles. The van der Waals surface area contributed by atoms with Gasteiger partial charge in [0.2, 0.25) is 5.91 Å². The van der Waals surface area contributed by atoms with Gasteiger partial charge in [-0.3, -0.25) is 4.79 Å². The first kappa shape index (κ1) is 21.5. The van der Waals surface area contributed by atoms with Crippen LogP contribution in [0.2, 0.25) is 0 Å². The van der Waals surface area contributed by atoms with E-state index in [0.717, 1.165) is 29.1 Å². The normalized spacial score (nSPS) is 16.0. The van der Waals surface area contributed by atoms with Gasteiger partial charge in [0.1, 0.15) is 11.6 Å². The fourth-order valence-corrected chi connectivity index (χ4v) is 4.30. The third-order valence-corrected chi connectivity index (χ3v) is 6.42. The Bertz CT molecular complexity index is 1010. The molecule has 2 aromatic heterocycles. The first-order valence-corrected chi connectivity index (χ1v) is 11.0. The number of hydrogen-bond acceptors (Lipinski definition) is 5. The molecule has 3 heterocycles. The van der Waals surface area contributed by atoms with Crippen molar-refractivity contribution in [3.63, 3.8) is 0 Å². The molecule has 0 bridgehead atoms. The molecule has 1 aliphatic rings. The molecule has 3 aromatic rings. The Morgan fingerprint density at radius 2 is 1.90 bits per heavy atom. The molecule has 0 saturated carbocycles. The molecule has 6 nitrogen and oxygen atoms in total. The van der Waals surface area contributed by atoms with E-state index in [9.17, 15) is 18.0 Å². The Hall–Kier alpha value is -2.75. The Morgan fingerprint density at radius 1 is 1.16 bits per heavy atom. The number of alkyl halides is 3. The number of nitrogens with zero attached hydrogens (tertiary/aromatic N) is 4. The number of aromatic nitrogens is 3. The number of amides is 1. The predicted octanol–water partition coefficient (Wildman–Crippen LogP) is 4.12. The summed E-state index contributed by atoms with van der Waals surface area (Å²) in [5.41, 5.74) is 1.12. The lowest BCUT2D eigenvalue weighted by atomic mass is 10.2. The average molecular weight is 450 g/mol. The van der Waals surface area contributed by atoms with Crippen molar-refractivity contribution in [1.29, 1.82) is 0 Å². The predicted molar refractivity (Wildman–Crippen MR) is 115 cm³/mol. The Balaban J connectivity index is 1.27. The van der Waals surface area contributed by atoms with Gasteiger partial charge in [-0.05, 0) is 31.2 Å². The molecule has 1 aromatic carbocycles. The van der Waals surface area contributed by atoms with E-state index in [1.807, 2.05) is 36.1 Å². The Labute approximate surface area is 181 Å². The number of carbonyl (C=O) groups excluding carboxylic acids is 1. The van der Waals surface area contributed by atoms with Crippen molar-refractivity contribution in [3.8, 4) is 0 Å². The van der Waals surface area contributed by atoms with Crippen LogP contribution >= 0.6 is 11.8 Å². The van der Waals surface area contributed by atoms with E-state index in [1.54, 1.807) is 4.90 Å². The highest BCUT2D eigenvalue weighted by Gasteiger charge is 2.31. The van der Waals surface area contributed by atoms with Crippen LogP contribution in [0.4, 0.5) is 19.0 Å². The summed E-state index contributed by atoms with van der Waals surface area (Å²) in [6.45, 7) is 4.12. The number of imidazole rings is 1. The molecule has 1 fully saturated rings. The van der Waals surface area contributed by atoms with Gasteiger partial charge in [-0.2, -0.15) is 13.2 Å². The highest BCUT2D eigenvalue weighted by molar-refractivity contribution is 8.00. The fraction of sp³-hybridized carbons (Fsp3) is 0.381. The van der Waals surface area contributed by atoms with Gasteiger partial charge >= 0.3 is 6.18 Å². The standard InChI is InChI=1S/C21H22F3N5OS/c1-14(20-26-16-4-2-3-5-17(16)27-20)31-13-19(30)29-10-8-28(9-11-29)18-7-6-15(12-25-18)21(22,23)24/h2-7,12,14H,8-11,13H2,1H3,(H,26,27)/t14-/m0/s1. The number of pyridine rings is 1. The van der Waals surface area contributed by atoms with Crippen molar-refractivity contribution >= 4 is 34.5 Å². The highest BCUT2D eigenvalue weighted by atomic mass is 32.2. The maximum absolute atomic E-state index is 12.7. The van der Waals surface area contributed by atoms with Crippen molar-refractivity contribution in [2.45, 2.75) is 18.3 Å². The van der Waals surface area contributed by atoms with E-state index in [-0.39, 0.29) is 11.2 Å². The van der Waals surface area contributed by atoms with Crippen molar-refractivity contribution in [2.24, 2.45) is 0 Å². The topological polar surface area (TPSA) is 65.1 Å². The molecular formula is C21H22F3N5OS. The molecule has 10 heteroatoms. The molecule has 1 N–H and O–H groups in total. The lowest BCUT2D eigenvalue weighted by molar-refractivity contribution is -0.137. The maximum Gasteiger partial charge on any atom is 0.417 e. The van der Waals surface area contributed by atoms with E-state index in [1.165, 1.54) is 17.8 Å². The van der Waals surface area contributed by atoms with Gasteiger partial charge in [0, 0.05) is 32.4 Å². The molecule has 0 unspecified atom stereocenters. The van der Waals surface area contributed by atoms with Crippen LogP contribution in [0.5, 0.6) is 0 Å². The van der Waals surface area contributed by atoms with Crippen molar-refractivity contribution in [3.05, 3.63) is 54.0 Å². The number of H-pyrrole nitrogens is 1. The largest absolute Gasteiger partial charge is 0.417 e. The lowest BCUT2D eigenvalue weighted by Gasteiger charge is -2.35. The van der Waals surface area contributed by atoms with Gasteiger partial charge in [-0.25, -0.2) is 9.97 Å². The monoisotopic (exact) mass is 449 g/mol. The zero-order chi connectivity index (χ0) is 22.0. The summed E-state index contributed by atoms with van der Waals surface area (Å²) in [5, 5.41) is 0.0500. The minimum absolute atomic E-state index is 0.0491. The van der Waals surface area contributed by atoms with Gasteiger partial charge in [0.05, 0.1) is 27.6 Å². The summed E-state index contributed by atoms with van der Waals surface area (Å²) in [5.74, 6) is 1.73. The number of para-hydroxylation sites is 2. The highest BCUT2D eigenvalue weighted by Crippen LogP contribution is 2.30. The molecule has 0 spiro atoms. The summed E-state index contributed by atoms with van der Waals surface area (Å²) in [6.07, 6.45) is -3.54. The van der Waals surface area contributed by atoms with Crippen molar-refractivity contribution < 1.29 is 18.0 Å². The molecule has 164 valence electrons. The van der Waals surface area contributed by atoms with Crippen molar-refractivity contribution in [1.82, 2.24) is 19.9 Å². The number of aromatic amines is 1. The van der Waals surface area contributed by atoms with E-state index in [0.29, 0.717) is 37.7 Å². The van der Waals surface area contributed by atoms with Crippen LogP contribution in [0.25, 0.3) is 11.0 Å². The molecule has 31 heavy (non-hydrogen) atoms. The maximum atomic E-state index is 12.7. The number of halogens is 3. The van der Waals surface area contributed by atoms with E-state index >= 15 is 0 Å². The average Bonchev–Trinajstić information content (AvgIpc) is 3.21. The molecule has 0 radical (unpaired) electrons. The number of hydrogen-bond donors (Lipinski definition) is 1. The molecule has 1 atom stereocenters. The van der Waals surface area contributed by atoms with Crippen LogP contribution in [-0.4, -0.2) is 57.7 Å². The smallest absolute Gasteiger partial charge is 0.353 e. The van der Waals surface area contributed by atoms with Crippen LogP contribution in [0.1, 0.15) is 23.6 Å². The number of rotatable bonds is 5. The second-order valence-corrected chi connectivity index (χ2v) is 8.69. The van der Waals surface area contributed by atoms with Crippen LogP contribution < -0.4 is 4.90 Å². The Kier molecular flexibility index (Phi) is 6.08. The number of anilines is 1. The number of nitrogens with one attached hydrogen (secondary N) is 1. The quantitative estimate of drug-likeness (QED) is 0.635. The third kappa shape index (κ3) is 4.95. The van der Waals surface area contributed by atoms with Gasteiger partial charge < -0.3 is 14.8 Å². The lowest BCUT2D eigenvalue weighted by Crippen LogP contribution is -2.49.